The molecule has 0 aromatic heterocycles. The van der Waals surface area contributed by atoms with Crippen LogP contribution in [0.15, 0.2) is 47.4 Å². The van der Waals surface area contributed by atoms with Crippen LogP contribution in [0.5, 0.6) is 5.75 Å². The molecular weight excluding hydrogens is 370 g/mol. The van der Waals surface area contributed by atoms with E-state index in [0.29, 0.717) is 11.4 Å². The summed E-state index contributed by atoms with van der Waals surface area (Å²) in [7, 11) is -2.63. The van der Waals surface area contributed by atoms with E-state index in [1.165, 1.54) is 19.2 Å². The minimum Gasteiger partial charge on any atom is -0.495 e. The summed E-state index contributed by atoms with van der Waals surface area (Å²) in [6.45, 7) is 0. The van der Waals surface area contributed by atoms with Crippen molar-refractivity contribution in [1.82, 2.24) is 0 Å². The van der Waals surface area contributed by atoms with Crippen molar-refractivity contribution in [2.45, 2.75) is 36.6 Å². The molecule has 1 aliphatic carbocycles. The second kappa shape index (κ2) is 7.83. The van der Waals surface area contributed by atoms with E-state index in [9.17, 15) is 18.5 Å². The van der Waals surface area contributed by atoms with Gasteiger partial charge in [0, 0.05) is 18.2 Å². The SMILES string of the molecule is COc1ccccc1NS(=O)(=O)c1cc([N+](=O)[O-])ccc1NC1CCCC1. The Labute approximate surface area is 157 Å². The van der Waals surface area contributed by atoms with Crippen LogP contribution in [0.25, 0.3) is 0 Å². The summed E-state index contributed by atoms with van der Waals surface area (Å²) in [5.41, 5.74) is 0.334. The minimum atomic E-state index is -4.07. The lowest BCUT2D eigenvalue weighted by molar-refractivity contribution is -0.385. The Kier molecular flexibility index (Phi) is 5.50. The van der Waals surface area contributed by atoms with Gasteiger partial charge in [0.05, 0.1) is 23.4 Å². The van der Waals surface area contributed by atoms with Crippen LogP contribution in [0.1, 0.15) is 25.7 Å². The standard InChI is InChI=1S/C18H21N3O5S/c1-26-17-9-5-4-8-15(17)20-27(24,25)18-12-14(21(22)23)10-11-16(18)19-13-6-2-3-7-13/h4-5,8-13,19-20H,2-3,6-7H2,1H3. The van der Waals surface area contributed by atoms with Gasteiger partial charge in [-0.1, -0.05) is 25.0 Å². The highest BCUT2D eigenvalue weighted by molar-refractivity contribution is 7.93. The summed E-state index contributed by atoms with van der Waals surface area (Å²) >= 11 is 0. The van der Waals surface area contributed by atoms with Crippen LogP contribution >= 0.6 is 0 Å². The highest BCUT2D eigenvalue weighted by atomic mass is 32.2. The molecule has 2 N–H and O–H groups in total. The van der Waals surface area contributed by atoms with Gasteiger partial charge in [-0.3, -0.25) is 14.8 Å². The molecule has 0 saturated heterocycles. The van der Waals surface area contributed by atoms with Gasteiger partial charge in [-0.15, -0.1) is 0 Å². The molecule has 0 heterocycles. The molecule has 0 aliphatic heterocycles. The third kappa shape index (κ3) is 4.30. The molecule has 0 spiro atoms. The number of sulfonamides is 1. The molecule has 144 valence electrons. The van der Waals surface area contributed by atoms with Crippen molar-refractivity contribution >= 4 is 27.1 Å². The van der Waals surface area contributed by atoms with Crippen molar-refractivity contribution < 1.29 is 18.1 Å². The monoisotopic (exact) mass is 391 g/mol. The van der Waals surface area contributed by atoms with E-state index in [4.69, 9.17) is 4.74 Å². The van der Waals surface area contributed by atoms with E-state index < -0.39 is 14.9 Å². The molecule has 1 fully saturated rings. The Morgan fingerprint density at radius 3 is 2.48 bits per heavy atom. The molecule has 0 radical (unpaired) electrons. The Morgan fingerprint density at radius 2 is 1.81 bits per heavy atom. The van der Waals surface area contributed by atoms with Crippen LogP contribution in [-0.4, -0.2) is 26.5 Å². The number of methoxy groups -OCH3 is 1. The fourth-order valence-corrected chi connectivity index (χ4v) is 4.45. The van der Waals surface area contributed by atoms with E-state index in [-0.39, 0.29) is 22.3 Å². The summed E-state index contributed by atoms with van der Waals surface area (Å²) in [5.74, 6) is 0.358. The first-order valence-electron chi connectivity index (χ1n) is 8.61. The second-order valence-electron chi connectivity index (χ2n) is 6.37. The fraction of sp³-hybridized carbons (Fsp3) is 0.333. The molecule has 0 bridgehead atoms. The summed E-state index contributed by atoms with van der Waals surface area (Å²) in [5, 5.41) is 14.4. The third-order valence-electron chi connectivity index (χ3n) is 4.53. The first-order chi connectivity index (χ1) is 12.9. The molecule has 1 saturated carbocycles. The predicted molar refractivity (Wildman–Crippen MR) is 103 cm³/mol. The maximum absolute atomic E-state index is 13.0. The van der Waals surface area contributed by atoms with Crippen LogP contribution in [0.4, 0.5) is 17.1 Å². The third-order valence-corrected chi connectivity index (χ3v) is 5.94. The van der Waals surface area contributed by atoms with Gasteiger partial charge in [-0.2, -0.15) is 0 Å². The number of anilines is 2. The molecule has 2 aromatic carbocycles. The summed E-state index contributed by atoms with van der Waals surface area (Å²) < 4.78 is 33.7. The molecule has 9 heteroatoms. The van der Waals surface area contributed by atoms with Crippen molar-refractivity contribution in [1.29, 1.82) is 0 Å². The van der Waals surface area contributed by atoms with Crippen molar-refractivity contribution in [2.24, 2.45) is 0 Å². The Morgan fingerprint density at radius 1 is 1.11 bits per heavy atom. The smallest absolute Gasteiger partial charge is 0.270 e. The van der Waals surface area contributed by atoms with Crippen LogP contribution in [0.2, 0.25) is 0 Å². The van der Waals surface area contributed by atoms with Gasteiger partial charge in [0.1, 0.15) is 10.6 Å². The number of nitro groups is 1. The van der Waals surface area contributed by atoms with Gasteiger partial charge in [0.25, 0.3) is 15.7 Å². The van der Waals surface area contributed by atoms with E-state index in [2.05, 4.69) is 10.0 Å². The number of ether oxygens (including phenoxy) is 1. The molecule has 3 rings (SSSR count). The quantitative estimate of drug-likeness (QED) is 0.549. The Balaban J connectivity index is 2.00. The van der Waals surface area contributed by atoms with Crippen molar-refractivity contribution in [2.75, 3.05) is 17.1 Å². The number of hydrogen-bond donors (Lipinski definition) is 2. The second-order valence-corrected chi connectivity index (χ2v) is 8.02. The zero-order valence-electron chi connectivity index (χ0n) is 14.8. The number of nitrogens with zero attached hydrogens (tertiary/aromatic N) is 1. The number of hydrogen-bond acceptors (Lipinski definition) is 6. The van der Waals surface area contributed by atoms with Crippen LogP contribution < -0.4 is 14.8 Å². The number of benzene rings is 2. The first kappa shape index (κ1) is 19.0. The molecule has 2 aromatic rings. The average molecular weight is 391 g/mol. The highest BCUT2D eigenvalue weighted by Gasteiger charge is 2.25. The number of nitrogens with one attached hydrogen (secondary N) is 2. The van der Waals surface area contributed by atoms with Gasteiger partial charge in [0.15, 0.2) is 0 Å². The Bertz CT molecular complexity index is 940. The van der Waals surface area contributed by atoms with Gasteiger partial charge < -0.3 is 10.1 Å². The normalized spacial score (nSPS) is 14.7. The van der Waals surface area contributed by atoms with Gasteiger partial charge in [-0.25, -0.2) is 8.42 Å². The van der Waals surface area contributed by atoms with E-state index in [1.807, 2.05) is 0 Å². The average Bonchev–Trinajstić information content (AvgIpc) is 3.15. The number of non-ortho nitro benzene ring substituents is 1. The van der Waals surface area contributed by atoms with E-state index >= 15 is 0 Å². The minimum absolute atomic E-state index is 0.158. The number of para-hydroxylation sites is 2. The first-order valence-corrected chi connectivity index (χ1v) is 10.1. The molecule has 0 atom stereocenters. The van der Waals surface area contributed by atoms with Crippen LogP contribution in [0, 0.1) is 10.1 Å². The molecule has 0 amide bonds. The maximum Gasteiger partial charge on any atom is 0.270 e. The van der Waals surface area contributed by atoms with E-state index in [0.717, 1.165) is 31.7 Å². The summed E-state index contributed by atoms with van der Waals surface area (Å²) in [6.07, 6.45) is 4.03. The summed E-state index contributed by atoms with van der Waals surface area (Å²) in [6, 6.07) is 10.6. The lowest BCUT2D eigenvalue weighted by Crippen LogP contribution is -2.20. The van der Waals surface area contributed by atoms with Gasteiger partial charge in [-0.05, 0) is 31.0 Å². The zero-order valence-corrected chi connectivity index (χ0v) is 15.7. The molecule has 1 aliphatic rings. The predicted octanol–water partition coefficient (Wildman–Crippen LogP) is 3.76. The van der Waals surface area contributed by atoms with Crippen molar-refractivity contribution in [3.63, 3.8) is 0 Å². The van der Waals surface area contributed by atoms with Gasteiger partial charge >= 0.3 is 0 Å². The molecular formula is C18H21N3O5S. The van der Waals surface area contributed by atoms with E-state index in [1.54, 1.807) is 24.3 Å². The number of nitro benzene ring substituents is 1. The Hall–Kier alpha value is -2.81. The highest BCUT2D eigenvalue weighted by Crippen LogP contribution is 2.33. The van der Waals surface area contributed by atoms with Crippen LogP contribution in [0.3, 0.4) is 0 Å². The summed E-state index contributed by atoms with van der Waals surface area (Å²) in [4.78, 5) is 10.4. The molecule has 0 unspecified atom stereocenters. The van der Waals surface area contributed by atoms with Crippen molar-refractivity contribution in [3.8, 4) is 5.75 Å². The van der Waals surface area contributed by atoms with Crippen LogP contribution in [-0.2, 0) is 10.0 Å². The number of rotatable bonds is 7. The lowest BCUT2D eigenvalue weighted by Gasteiger charge is -2.18. The van der Waals surface area contributed by atoms with Crippen molar-refractivity contribution in [3.05, 3.63) is 52.6 Å². The fourth-order valence-electron chi connectivity index (χ4n) is 3.18. The maximum atomic E-state index is 13.0. The zero-order chi connectivity index (χ0) is 19.4. The largest absolute Gasteiger partial charge is 0.495 e. The molecule has 8 nitrogen and oxygen atoms in total. The lowest BCUT2D eigenvalue weighted by atomic mass is 10.2. The topological polar surface area (TPSA) is 111 Å². The van der Waals surface area contributed by atoms with Gasteiger partial charge in [0.2, 0.25) is 0 Å². The molecule has 27 heavy (non-hydrogen) atoms.